The van der Waals surface area contributed by atoms with Gasteiger partial charge in [0.2, 0.25) is 0 Å². The van der Waals surface area contributed by atoms with E-state index in [-0.39, 0.29) is 10.7 Å². The largest absolute Gasteiger partial charge is 0.441 e. The van der Waals surface area contributed by atoms with E-state index in [1.165, 1.54) is 18.3 Å². The van der Waals surface area contributed by atoms with Gasteiger partial charge in [-0.25, -0.2) is 4.98 Å². The van der Waals surface area contributed by atoms with E-state index in [4.69, 9.17) is 21.8 Å². The monoisotopic (exact) mass is 281 g/mol. The number of halogens is 1. The summed E-state index contributed by atoms with van der Waals surface area (Å²) in [6.07, 6.45) is 2.94. The summed E-state index contributed by atoms with van der Waals surface area (Å²) in [4.78, 5) is 14.4. The molecule has 7 heteroatoms. The summed E-state index contributed by atoms with van der Waals surface area (Å²) in [6.45, 7) is 0.556. The van der Waals surface area contributed by atoms with Crippen LogP contribution >= 0.6 is 11.6 Å². The highest BCUT2D eigenvalue weighted by atomic mass is 35.5. The van der Waals surface area contributed by atoms with Gasteiger partial charge < -0.3 is 10.2 Å². The van der Waals surface area contributed by atoms with E-state index in [2.05, 4.69) is 4.98 Å². The fourth-order valence-corrected chi connectivity index (χ4v) is 1.86. The first-order chi connectivity index (χ1) is 9.10. The first-order valence-electron chi connectivity index (χ1n) is 5.70. The molecule has 0 aliphatic heterocycles. The number of aryl methyl sites for hydroxylation is 1. The van der Waals surface area contributed by atoms with Crippen LogP contribution in [-0.2, 0) is 6.42 Å². The summed E-state index contributed by atoms with van der Waals surface area (Å²) in [5.74, 6) is 1.01. The molecule has 1 aromatic carbocycles. The summed E-state index contributed by atoms with van der Waals surface area (Å²) in [7, 11) is 0. The Bertz CT molecular complexity index is 598. The van der Waals surface area contributed by atoms with Crippen molar-refractivity contribution in [2.75, 3.05) is 6.54 Å². The van der Waals surface area contributed by atoms with Crippen LogP contribution in [0.1, 0.15) is 12.3 Å². The molecule has 0 unspecified atom stereocenters. The Morgan fingerprint density at radius 1 is 1.42 bits per heavy atom. The molecule has 0 aliphatic carbocycles. The predicted molar refractivity (Wildman–Crippen MR) is 71.0 cm³/mol. The lowest BCUT2D eigenvalue weighted by Crippen LogP contribution is -2.00. The molecule has 0 radical (unpaired) electrons. The first-order valence-corrected chi connectivity index (χ1v) is 6.08. The molecule has 100 valence electrons. The zero-order valence-electron chi connectivity index (χ0n) is 10.0. The maximum Gasteiger partial charge on any atom is 0.271 e. The summed E-state index contributed by atoms with van der Waals surface area (Å²) in [5, 5.41) is 11.1. The van der Waals surface area contributed by atoms with Gasteiger partial charge in [0.15, 0.2) is 11.7 Å². The molecule has 0 saturated heterocycles. The molecule has 2 rings (SSSR count). The highest BCUT2D eigenvalue weighted by Crippen LogP contribution is 2.28. The summed E-state index contributed by atoms with van der Waals surface area (Å²) >= 11 is 5.85. The van der Waals surface area contributed by atoms with Crippen molar-refractivity contribution < 1.29 is 9.34 Å². The first kappa shape index (κ1) is 13.5. The third-order valence-corrected chi connectivity index (χ3v) is 2.74. The van der Waals surface area contributed by atoms with E-state index < -0.39 is 4.92 Å². The number of benzene rings is 1. The Kier molecular flexibility index (Phi) is 4.13. The lowest BCUT2D eigenvalue weighted by Gasteiger charge is -1.98. The van der Waals surface area contributed by atoms with Gasteiger partial charge in [0.25, 0.3) is 5.69 Å². The molecule has 0 amide bonds. The fraction of sp³-hybridized carbons (Fsp3) is 0.250. The number of hydrogen-bond acceptors (Lipinski definition) is 5. The molecule has 2 N–H and O–H groups in total. The van der Waals surface area contributed by atoms with E-state index in [0.29, 0.717) is 30.2 Å². The molecule has 0 aliphatic rings. The number of rotatable bonds is 5. The number of hydrogen-bond donors (Lipinski definition) is 1. The van der Waals surface area contributed by atoms with E-state index in [0.717, 1.165) is 6.42 Å². The zero-order chi connectivity index (χ0) is 13.8. The minimum atomic E-state index is -0.499. The second-order valence-electron chi connectivity index (χ2n) is 3.97. The van der Waals surface area contributed by atoms with Crippen molar-refractivity contribution in [2.24, 2.45) is 5.73 Å². The van der Waals surface area contributed by atoms with Crippen molar-refractivity contribution in [1.29, 1.82) is 0 Å². The topological polar surface area (TPSA) is 95.2 Å². The van der Waals surface area contributed by atoms with E-state index in [9.17, 15) is 10.1 Å². The van der Waals surface area contributed by atoms with Gasteiger partial charge in [0, 0.05) is 29.1 Å². The number of non-ortho nitro benzene ring substituents is 1. The molecule has 1 heterocycles. The van der Waals surface area contributed by atoms with Crippen LogP contribution in [-0.4, -0.2) is 16.5 Å². The molecule has 2 aromatic rings. The third-order valence-electron chi connectivity index (χ3n) is 2.53. The standard InChI is InChI=1S/C12H12ClN3O3/c13-9-4-8(5-10(6-9)16(17)18)11-7-15-12(19-11)2-1-3-14/h4-7H,1-3,14H2. The molecule has 6 nitrogen and oxygen atoms in total. The molecule has 0 saturated carbocycles. The van der Waals surface area contributed by atoms with Crippen molar-refractivity contribution in [2.45, 2.75) is 12.8 Å². The highest BCUT2D eigenvalue weighted by Gasteiger charge is 2.13. The van der Waals surface area contributed by atoms with Gasteiger partial charge in [0.05, 0.1) is 11.1 Å². The Morgan fingerprint density at radius 3 is 2.89 bits per heavy atom. The van der Waals surface area contributed by atoms with Crippen molar-refractivity contribution in [3.8, 4) is 11.3 Å². The lowest BCUT2D eigenvalue weighted by atomic mass is 10.1. The summed E-state index contributed by atoms with van der Waals surface area (Å²) in [5.41, 5.74) is 5.86. The van der Waals surface area contributed by atoms with Gasteiger partial charge in [-0.3, -0.25) is 10.1 Å². The van der Waals surface area contributed by atoms with E-state index in [1.807, 2.05) is 0 Å². The smallest absolute Gasteiger partial charge is 0.271 e. The van der Waals surface area contributed by atoms with Crippen LogP contribution < -0.4 is 5.73 Å². The molecule has 0 fully saturated rings. The number of nitro benzene ring substituents is 1. The third kappa shape index (κ3) is 3.30. The number of nitrogens with zero attached hydrogens (tertiary/aromatic N) is 2. The number of oxazole rings is 1. The number of nitro groups is 1. The van der Waals surface area contributed by atoms with Gasteiger partial charge in [0.1, 0.15) is 0 Å². The maximum absolute atomic E-state index is 10.8. The predicted octanol–water partition coefficient (Wildman–Crippen LogP) is 2.79. The Balaban J connectivity index is 2.30. The molecular weight excluding hydrogens is 270 g/mol. The average Bonchev–Trinajstić information content (AvgIpc) is 2.84. The molecular formula is C12H12ClN3O3. The van der Waals surface area contributed by atoms with Crippen LogP contribution in [0.15, 0.2) is 28.8 Å². The summed E-state index contributed by atoms with van der Waals surface area (Å²) < 4.78 is 5.51. The van der Waals surface area contributed by atoms with Gasteiger partial charge in [-0.15, -0.1) is 0 Å². The zero-order valence-corrected chi connectivity index (χ0v) is 10.8. The van der Waals surface area contributed by atoms with Crippen LogP contribution in [0.2, 0.25) is 5.02 Å². The second kappa shape index (κ2) is 5.81. The Hall–Kier alpha value is -1.92. The van der Waals surface area contributed by atoms with Crippen LogP contribution in [0.4, 0.5) is 5.69 Å². The molecule has 1 aromatic heterocycles. The van der Waals surface area contributed by atoms with Crippen molar-refractivity contribution in [1.82, 2.24) is 4.98 Å². The van der Waals surface area contributed by atoms with Gasteiger partial charge in [-0.05, 0) is 19.0 Å². The SMILES string of the molecule is NCCCc1ncc(-c2cc(Cl)cc([N+](=O)[O-])c2)o1. The van der Waals surface area contributed by atoms with Crippen LogP contribution in [0.5, 0.6) is 0 Å². The number of nitrogens with two attached hydrogens (primary N) is 1. The van der Waals surface area contributed by atoms with Crippen LogP contribution in [0.25, 0.3) is 11.3 Å². The molecule has 0 atom stereocenters. The van der Waals surface area contributed by atoms with Gasteiger partial charge in [-0.2, -0.15) is 0 Å². The van der Waals surface area contributed by atoms with Crippen molar-refractivity contribution >= 4 is 17.3 Å². The minimum absolute atomic E-state index is 0.0811. The van der Waals surface area contributed by atoms with Gasteiger partial charge in [-0.1, -0.05) is 11.6 Å². The van der Waals surface area contributed by atoms with Crippen molar-refractivity contribution in [3.63, 3.8) is 0 Å². The van der Waals surface area contributed by atoms with E-state index in [1.54, 1.807) is 6.07 Å². The van der Waals surface area contributed by atoms with Crippen molar-refractivity contribution in [3.05, 3.63) is 45.4 Å². The van der Waals surface area contributed by atoms with Crippen LogP contribution in [0.3, 0.4) is 0 Å². The molecule has 19 heavy (non-hydrogen) atoms. The fourth-order valence-electron chi connectivity index (χ4n) is 1.63. The second-order valence-corrected chi connectivity index (χ2v) is 4.40. The van der Waals surface area contributed by atoms with Crippen LogP contribution in [0, 0.1) is 10.1 Å². The minimum Gasteiger partial charge on any atom is -0.441 e. The normalized spacial score (nSPS) is 10.6. The van der Waals surface area contributed by atoms with Gasteiger partial charge >= 0.3 is 0 Å². The average molecular weight is 282 g/mol. The maximum atomic E-state index is 10.8. The quantitative estimate of drug-likeness (QED) is 0.671. The summed E-state index contributed by atoms with van der Waals surface area (Å²) in [6, 6.07) is 4.29. The van der Waals surface area contributed by atoms with E-state index >= 15 is 0 Å². The molecule has 0 bridgehead atoms. The number of aromatic nitrogens is 1. The Morgan fingerprint density at radius 2 is 2.21 bits per heavy atom. The lowest BCUT2D eigenvalue weighted by molar-refractivity contribution is -0.384. The highest BCUT2D eigenvalue weighted by molar-refractivity contribution is 6.31. The molecule has 0 spiro atoms. The Labute approximate surface area is 114 Å².